The second-order valence-corrected chi connectivity index (χ2v) is 6.23. The third-order valence-electron chi connectivity index (χ3n) is 3.79. The summed E-state index contributed by atoms with van der Waals surface area (Å²) in [5, 5.41) is 3.04. The average molecular weight is 306 g/mol. The maximum atomic E-state index is 12.4. The van der Waals surface area contributed by atoms with Crippen LogP contribution in [0.2, 0.25) is 0 Å². The van der Waals surface area contributed by atoms with E-state index in [0.717, 1.165) is 12.8 Å². The molecule has 1 fully saturated rings. The van der Waals surface area contributed by atoms with Crippen LogP contribution in [0, 0.1) is 5.92 Å². The standard InChI is InChI=1S/C16H22N2O2S/c1-11(2)15(19)17-12-7-9-18(10-8-12)16(20)13-5-3-4-6-14(13)21/h3-6,11-12,21H,7-10H2,1-2H3,(H,17,19). The predicted molar refractivity (Wildman–Crippen MR) is 85.6 cm³/mol. The van der Waals surface area contributed by atoms with Gasteiger partial charge in [0.2, 0.25) is 5.91 Å². The number of nitrogens with one attached hydrogen (secondary N) is 1. The highest BCUT2D eigenvalue weighted by Crippen LogP contribution is 2.19. The largest absolute Gasteiger partial charge is 0.353 e. The Balaban J connectivity index is 1.91. The number of piperidine rings is 1. The Labute approximate surface area is 131 Å². The molecule has 0 spiro atoms. The Bertz CT molecular complexity index is 523. The summed E-state index contributed by atoms with van der Waals surface area (Å²) in [6.07, 6.45) is 1.61. The molecule has 0 radical (unpaired) electrons. The van der Waals surface area contributed by atoms with Crippen LogP contribution in [-0.2, 0) is 4.79 Å². The summed E-state index contributed by atoms with van der Waals surface area (Å²) in [5.41, 5.74) is 0.644. The lowest BCUT2D eigenvalue weighted by molar-refractivity contribution is -0.124. The van der Waals surface area contributed by atoms with E-state index in [-0.39, 0.29) is 23.8 Å². The van der Waals surface area contributed by atoms with Gasteiger partial charge in [0.05, 0.1) is 5.56 Å². The van der Waals surface area contributed by atoms with Crippen molar-refractivity contribution in [3.05, 3.63) is 29.8 Å². The second kappa shape index (κ2) is 6.98. The molecule has 0 aliphatic carbocycles. The minimum absolute atomic E-state index is 0.000667. The lowest BCUT2D eigenvalue weighted by atomic mass is 10.0. The zero-order valence-electron chi connectivity index (χ0n) is 12.5. The Kier molecular flexibility index (Phi) is 5.28. The monoisotopic (exact) mass is 306 g/mol. The lowest BCUT2D eigenvalue weighted by Crippen LogP contribution is -2.47. The first kappa shape index (κ1) is 15.9. The van der Waals surface area contributed by atoms with E-state index in [1.807, 2.05) is 36.9 Å². The first-order valence-corrected chi connectivity index (χ1v) is 7.81. The number of benzene rings is 1. The summed E-state index contributed by atoms with van der Waals surface area (Å²) in [6, 6.07) is 7.52. The van der Waals surface area contributed by atoms with Gasteiger partial charge in [0.15, 0.2) is 0 Å². The lowest BCUT2D eigenvalue weighted by Gasteiger charge is -2.33. The quantitative estimate of drug-likeness (QED) is 0.842. The van der Waals surface area contributed by atoms with Crippen molar-refractivity contribution in [1.29, 1.82) is 0 Å². The summed E-state index contributed by atoms with van der Waals surface area (Å²) >= 11 is 4.34. The van der Waals surface area contributed by atoms with E-state index in [9.17, 15) is 9.59 Å². The van der Waals surface area contributed by atoms with Crippen molar-refractivity contribution in [3.8, 4) is 0 Å². The zero-order chi connectivity index (χ0) is 15.4. The van der Waals surface area contributed by atoms with Crippen molar-refractivity contribution in [2.24, 2.45) is 5.92 Å². The molecule has 0 unspecified atom stereocenters. The molecule has 2 amide bonds. The topological polar surface area (TPSA) is 49.4 Å². The van der Waals surface area contributed by atoms with E-state index < -0.39 is 0 Å². The number of likely N-dealkylation sites (tertiary alicyclic amines) is 1. The van der Waals surface area contributed by atoms with E-state index in [4.69, 9.17) is 0 Å². The van der Waals surface area contributed by atoms with Crippen LogP contribution in [0.5, 0.6) is 0 Å². The fourth-order valence-electron chi connectivity index (χ4n) is 2.42. The van der Waals surface area contributed by atoms with Crippen LogP contribution in [0.4, 0.5) is 0 Å². The number of rotatable bonds is 3. The molecule has 0 aromatic heterocycles. The van der Waals surface area contributed by atoms with Crippen LogP contribution < -0.4 is 5.32 Å². The molecule has 1 N–H and O–H groups in total. The van der Waals surface area contributed by atoms with Gasteiger partial charge < -0.3 is 10.2 Å². The minimum Gasteiger partial charge on any atom is -0.353 e. The first-order chi connectivity index (χ1) is 9.99. The smallest absolute Gasteiger partial charge is 0.254 e. The SMILES string of the molecule is CC(C)C(=O)NC1CCN(C(=O)c2ccccc2S)CC1. The maximum absolute atomic E-state index is 12.4. The molecule has 0 atom stereocenters. The van der Waals surface area contributed by atoms with Gasteiger partial charge in [-0.25, -0.2) is 0 Å². The molecule has 2 rings (SSSR count). The zero-order valence-corrected chi connectivity index (χ0v) is 13.4. The fourth-order valence-corrected chi connectivity index (χ4v) is 2.68. The van der Waals surface area contributed by atoms with Gasteiger partial charge in [-0.3, -0.25) is 9.59 Å². The third-order valence-corrected chi connectivity index (χ3v) is 4.18. The van der Waals surface area contributed by atoms with Crippen molar-refractivity contribution >= 4 is 24.4 Å². The van der Waals surface area contributed by atoms with Crippen LogP contribution in [0.25, 0.3) is 0 Å². The molecule has 1 aromatic rings. The summed E-state index contributed by atoms with van der Waals surface area (Å²) in [5.74, 6) is 0.107. The number of thiol groups is 1. The van der Waals surface area contributed by atoms with Crippen LogP contribution in [0.15, 0.2) is 29.2 Å². The van der Waals surface area contributed by atoms with E-state index in [1.165, 1.54) is 0 Å². The van der Waals surface area contributed by atoms with Gasteiger partial charge in [0.25, 0.3) is 5.91 Å². The second-order valence-electron chi connectivity index (χ2n) is 5.75. The number of carbonyl (C=O) groups is 2. The van der Waals surface area contributed by atoms with E-state index in [1.54, 1.807) is 6.07 Å². The highest BCUT2D eigenvalue weighted by atomic mass is 32.1. The molecule has 1 aliphatic heterocycles. The number of amides is 2. The van der Waals surface area contributed by atoms with Crippen LogP contribution in [0.1, 0.15) is 37.0 Å². The van der Waals surface area contributed by atoms with Gasteiger partial charge in [-0.2, -0.15) is 0 Å². The molecular formula is C16H22N2O2S. The van der Waals surface area contributed by atoms with E-state index in [2.05, 4.69) is 17.9 Å². The van der Waals surface area contributed by atoms with Crippen LogP contribution >= 0.6 is 12.6 Å². The van der Waals surface area contributed by atoms with Crippen molar-refractivity contribution in [3.63, 3.8) is 0 Å². The average Bonchev–Trinajstić information content (AvgIpc) is 2.47. The molecule has 1 aromatic carbocycles. The highest BCUT2D eigenvalue weighted by molar-refractivity contribution is 7.80. The van der Waals surface area contributed by atoms with Crippen LogP contribution in [-0.4, -0.2) is 35.8 Å². The first-order valence-electron chi connectivity index (χ1n) is 7.36. The van der Waals surface area contributed by atoms with Gasteiger partial charge in [0, 0.05) is 29.9 Å². The van der Waals surface area contributed by atoms with Gasteiger partial charge in [-0.1, -0.05) is 26.0 Å². The number of carbonyl (C=O) groups excluding carboxylic acids is 2. The summed E-state index contributed by atoms with van der Waals surface area (Å²) in [6.45, 7) is 5.11. The predicted octanol–water partition coefficient (Wildman–Crippen LogP) is 2.35. The summed E-state index contributed by atoms with van der Waals surface area (Å²) in [4.78, 5) is 26.7. The Morgan fingerprint density at radius 3 is 2.43 bits per heavy atom. The van der Waals surface area contributed by atoms with Gasteiger partial charge in [-0.15, -0.1) is 12.6 Å². The molecule has 21 heavy (non-hydrogen) atoms. The molecule has 114 valence electrons. The van der Waals surface area contributed by atoms with Gasteiger partial charge >= 0.3 is 0 Å². The van der Waals surface area contributed by atoms with E-state index >= 15 is 0 Å². The normalized spacial score (nSPS) is 16.1. The molecular weight excluding hydrogens is 284 g/mol. The molecule has 1 heterocycles. The highest BCUT2D eigenvalue weighted by Gasteiger charge is 2.25. The molecule has 1 aliphatic rings. The summed E-state index contributed by atoms with van der Waals surface area (Å²) in [7, 11) is 0. The van der Waals surface area contributed by atoms with Crippen molar-refractivity contribution in [2.75, 3.05) is 13.1 Å². The van der Waals surface area contributed by atoms with E-state index in [0.29, 0.717) is 23.5 Å². The molecule has 0 bridgehead atoms. The van der Waals surface area contributed by atoms with Gasteiger partial charge in [0.1, 0.15) is 0 Å². The van der Waals surface area contributed by atoms with Crippen molar-refractivity contribution in [1.82, 2.24) is 10.2 Å². The summed E-state index contributed by atoms with van der Waals surface area (Å²) < 4.78 is 0. The van der Waals surface area contributed by atoms with Crippen molar-refractivity contribution in [2.45, 2.75) is 37.6 Å². The molecule has 0 saturated carbocycles. The number of hydrogen-bond donors (Lipinski definition) is 2. The fraction of sp³-hybridized carbons (Fsp3) is 0.500. The van der Waals surface area contributed by atoms with Gasteiger partial charge in [-0.05, 0) is 25.0 Å². The van der Waals surface area contributed by atoms with Crippen LogP contribution in [0.3, 0.4) is 0 Å². The van der Waals surface area contributed by atoms with Crippen molar-refractivity contribution < 1.29 is 9.59 Å². The number of hydrogen-bond acceptors (Lipinski definition) is 3. The minimum atomic E-state index is 0.000667. The Hall–Kier alpha value is -1.49. The molecule has 5 heteroatoms. The molecule has 4 nitrogen and oxygen atoms in total. The maximum Gasteiger partial charge on any atom is 0.254 e. The third kappa shape index (κ3) is 4.00. The number of nitrogens with zero attached hydrogens (tertiary/aromatic N) is 1. The Morgan fingerprint density at radius 2 is 1.86 bits per heavy atom. The Morgan fingerprint density at radius 1 is 1.24 bits per heavy atom. The molecule has 1 saturated heterocycles.